The molecule has 1 nitrogen and oxygen atoms in total. The van der Waals surface area contributed by atoms with Crippen LogP contribution in [0.2, 0.25) is 0 Å². The summed E-state index contributed by atoms with van der Waals surface area (Å²) < 4.78 is 7.02. The zero-order valence-corrected chi connectivity index (χ0v) is 13.8. The van der Waals surface area contributed by atoms with Crippen molar-refractivity contribution in [1.29, 1.82) is 0 Å². The molecule has 0 unspecified atom stereocenters. The molecule has 0 amide bonds. The van der Waals surface area contributed by atoms with Crippen molar-refractivity contribution in [2.24, 2.45) is 5.41 Å². The summed E-state index contributed by atoms with van der Waals surface area (Å²) in [5, 5.41) is 0. The van der Waals surface area contributed by atoms with E-state index in [1.165, 1.54) is 25.7 Å². The van der Waals surface area contributed by atoms with E-state index in [0.717, 1.165) is 22.6 Å². The fourth-order valence-electron chi connectivity index (χ4n) is 2.33. The maximum atomic E-state index is 6.00. The Hall–Kier alpha value is -0.150. The molecule has 0 bridgehead atoms. The van der Waals surface area contributed by atoms with Gasteiger partial charge in [-0.1, -0.05) is 38.8 Å². The van der Waals surface area contributed by atoms with Gasteiger partial charge in [-0.3, -0.25) is 0 Å². The van der Waals surface area contributed by atoms with E-state index >= 15 is 0 Å². The molecule has 0 heterocycles. The van der Waals surface area contributed by atoms with Crippen molar-refractivity contribution in [2.45, 2.75) is 39.5 Å². The van der Waals surface area contributed by atoms with Crippen LogP contribution < -0.4 is 4.74 Å². The second-order valence-electron chi connectivity index (χ2n) is 4.88. The van der Waals surface area contributed by atoms with Crippen LogP contribution >= 0.6 is 28.6 Å². The summed E-state index contributed by atoms with van der Waals surface area (Å²) in [7, 11) is 0. The Morgan fingerprint density at radius 2 is 1.78 bits per heavy atom. The van der Waals surface area contributed by atoms with E-state index < -0.39 is 0 Å². The highest BCUT2D eigenvalue weighted by Crippen LogP contribution is 2.33. The summed E-state index contributed by atoms with van der Waals surface area (Å²) in [6.07, 6.45) is 4.71. The van der Waals surface area contributed by atoms with Crippen molar-refractivity contribution >= 4 is 28.6 Å². The van der Waals surface area contributed by atoms with Gasteiger partial charge in [-0.15, -0.1) is 0 Å². The zero-order chi connectivity index (χ0) is 13.4. The first kappa shape index (κ1) is 15.9. The van der Waals surface area contributed by atoms with E-state index in [1.807, 2.05) is 24.3 Å². The van der Waals surface area contributed by atoms with Gasteiger partial charge in [-0.2, -0.15) is 12.6 Å². The Morgan fingerprint density at radius 1 is 1.17 bits per heavy atom. The van der Waals surface area contributed by atoms with Crippen LogP contribution in [0.15, 0.2) is 28.7 Å². The number of ether oxygens (including phenoxy) is 1. The molecule has 18 heavy (non-hydrogen) atoms. The Kier molecular flexibility index (Phi) is 7.16. The van der Waals surface area contributed by atoms with Gasteiger partial charge in [0.2, 0.25) is 0 Å². The number of rotatable bonds is 8. The molecule has 0 N–H and O–H groups in total. The molecular weight excluding hydrogens is 308 g/mol. The molecule has 102 valence electrons. The minimum absolute atomic E-state index is 0.210. The van der Waals surface area contributed by atoms with Gasteiger partial charge < -0.3 is 4.74 Å². The van der Waals surface area contributed by atoms with Crippen molar-refractivity contribution in [1.82, 2.24) is 0 Å². The predicted octanol–water partition coefficient (Wildman–Crippen LogP) is 5.34. The van der Waals surface area contributed by atoms with E-state index in [-0.39, 0.29) is 5.41 Å². The maximum Gasteiger partial charge on any atom is 0.133 e. The van der Waals surface area contributed by atoms with Crippen LogP contribution in [0.25, 0.3) is 0 Å². The van der Waals surface area contributed by atoms with Gasteiger partial charge in [0.25, 0.3) is 0 Å². The van der Waals surface area contributed by atoms with Crippen LogP contribution in [0, 0.1) is 5.41 Å². The van der Waals surface area contributed by atoms with Crippen LogP contribution in [-0.4, -0.2) is 12.4 Å². The summed E-state index contributed by atoms with van der Waals surface area (Å²) in [5.41, 5.74) is 0.210. The summed E-state index contributed by atoms with van der Waals surface area (Å²) in [4.78, 5) is 0. The second kappa shape index (κ2) is 8.11. The number of hydrogen-bond acceptors (Lipinski definition) is 2. The molecule has 0 aliphatic heterocycles. The normalized spacial score (nSPS) is 11.6. The molecule has 1 aromatic carbocycles. The van der Waals surface area contributed by atoms with E-state index in [4.69, 9.17) is 4.74 Å². The van der Waals surface area contributed by atoms with Crippen molar-refractivity contribution < 1.29 is 4.74 Å². The zero-order valence-electron chi connectivity index (χ0n) is 11.3. The smallest absolute Gasteiger partial charge is 0.133 e. The summed E-state index contributed by atoms with van der Waals surface area (Å²) in [5.74, 6) is 1.81. The lowest BCUT2D eigenvalue weighted by Crippen LogP contribution is -2.30. The average Bonchev–Trinajstić information content (AvgIpc) is 2.38. The molecule has 0 saturated heterocycles. The monoisotopic (exact) mass is 330 g/mol. The highest BCUT2D eigenvalue weighted by Gasteiger charge is 2.28. The third kappa shape index (κ3) is 4.51. The van der Waals surface area contributed by atoms with Gasteiger partial charge in [-0.05, 0) is 46.7 Å². The predicted molar refractivity (Wildman–Crippen MR) is 85.7 cm³/mol. The molecule has 0 aliphatic rings. The number of hydrogen-bond donors (Lipinski definition) is 1. The SMILES string of the molecule is CCCC(CS)(CCC)COc1ccccc1Br. The first-order chi connectivity index (χ1) is 8.67. The first-order valence-corrected chi connectivity index (χ1v) is 8.08. The quantitative estimate of drug-likeness (QED) is 0.632. The lowest BCUT2D eigenvalue weighted by molar-refractivity contribution is 0.143. The van der Waals surface area contributed by atoms with Crippen molar-refractivity contribution in [2.75, 3.05) is 12.4 Å². The third-order valence-electron chi connectivity index (χ3n) is 3.27. The highest BCUT2D eigenvalue weighted by atomic mass is 79.9. The molecule has 1 aromatic rings. The van der Waals surface area contributed by atoms with Gasteiger partial charge in [0.15, 0.2) is 0 Å². The van der Waals surface area contributed by atoms with Crippen LogP contribution in [0.3, 0.4) is 0 Å². The van der Waals surface area contributed by atoms with Gasteiger partial charge in [-0.25, -0.2) is 0 Å². The van der Waals surface area contributed by atoms with E-state index in [0.29, 0.717) is 0 Å². The van der Waals surface area contributed by atoms with Crippen LogP contribution in [0.1, 0.15) is 39.5 Å². The molecule has 0 fully saturated rings. The average molecular weight is 331 g/mol. The topological polar surface area (TPSA) is 9.23 Å². The van der Waals surface area contributed by atoms with E-state index in [2.05, 4.69) is 42.4 Å². The highest BCUT2D eigenvalue weighted by molar-refractivity contribution is 9.10. The Balaban J connectivity index is 2.69. The Labute approximate surface area is 125 Å². The van der Waals surface area contributed by atoms with Gasteiger partial charge in [0.1, 0.15) is 5.75 Å². The lowest BCUT2D eigenvalue weighted by atomic mass is 9.82. The minimum atomic E-state index is 0.210. The number of para-hydroxylation sites is 1. The molecule has 1 rings (SSSR count). The first-order valence-electron chi connectivity index (χ1n) is 6.65. The molecule has 0 aromatic heterocycles. The summed E-state index contributed by atoms with van der Waals surface area (Å²) >= 11 is 8.07. The lowest BCUT2D eigenvalue weighted by Gasteiger charge is -2.32. The summed E-state index contributed by atoms with van der Waals surface area (Å²) in [6, 6.07) is 8.02. The largest absolute Gasteiger partial charge is 0.492 e. The maximum absolute atomic E-state index is 6.00. The standard InChI is InChI=1S/C15H23BrOS/c1-3-9-15(12-18,10-4-2)11-17-14-8-6-5-7-13(14)16/h5-8,18H,3-4,9-12H2,1-2H3. The molecular formula is C15H23BrOS. The van der Waals surface area contributed by atoms with Crippen molar-refractivity contribution in [3.8, 4) is 5.75 Å². The molecule has 0 aliphatic carbocycles. The fraction of sp³-hybridized carbons (Fsp3) is 0.600. The molecule has 3 heteroatoms. The van der Waals surface area contributed by atoms with Crippen LogP contribution in [0.4, 0.5) is 0 Å². The minimum Gasteiger partial charge on any atom is -0.492 e. The Bertz CT molecular complexity index is 348. The van der Waals surface area contributed by atoms with Gasteiger partial charge >= 0.3 is 0 Å². The molecule has 0 saturated carbocycles. The number of benzene rings is 1. The number of thiol groups is 1. The molecule has 0 radical (unpaired) electrons. The number of halogens is 1. The third-order valence-corrected chi connectivity index (χ3v) is 4.59. The van der Waals surface area contributed by atoms with Crippen LogP contribution in [0.5, 0.6) is 5.75 Å². The van der Waals surface area contributed by atoms with Gasteiger partial charge in [0, 0.05) is 5.41 Å². The van der Waals surface area contributed by atoms with E-state index in [9.17, 15) is 0 Å². The van der Waals surface area contributed by atoms with Crippen molar-refractivity contribution in [3.05, 3.63) is 28.7 Å². The second-order valence-corrected chi connectivity index (χ2v) is 6.05. The molecule has 0 atom stereocenters. The molecule has 0 spiro atoms. The Morgan fingerprint density at radius 3 is 2.28 bits per heavy atom. The van der Waals surface area contributed by atoms with Crippen molar-refractivity contribution in [3.63, 3.8) is 0 Å². The van der Waals surface area contributed by atoms with Crippen LogP contribution in [-0.2, 0) is 0 Å². The van der Waals surface area contributed by atoms with E-state index in [1.54, 1.807) is 0 Å². The summed E-state index contributed by atoms with van der Waals surface area (Å²) in [6.45, 7) is 5.21. The fourth-order valence-corrected chi connectivity index (χ4v) is 3.13. The van der Waals surface area contributed by atoms with Gasteiger partial charge in [0.05, 0.1) is 11.1 Å².